The Kier molecular flexibility index (Phi) is 30.7. The molecule has 13 heteroatoms. The number of hydrogen-bond acceptors (Lipinski definition) is 11. The molecule has 0 bridgehead atoms. The van der Waals surface area contributed by atoms with E-state index in [1.165, 1.54) is 116 Å². The van der Waals surface area contributed by atoms with E-state index in [1.54, 1.807) is 0 Å². The zero-order valence-corrected chi connectivity index (χ0v) is 34.7. The molecule has 1 aliphatic rings. The highest BCUT2D eigenvalue weighted by Gasteiger charge is 2.46. The number of aliphatic hydroxyl groups is 3. The number of aliphatic hydroxyl groups excluding tert-OH is 3. The van der Waals surface area contributed by atoms with Gasteiger partial charge in [-0.05, 0) is 12.8 Å². The van der Waals surface area contributed by atoms with Gasteiger partial charge < -0.3 is 34.3 Å². The molecule has 0 spiro atoms. The summed E-state index contributed by atoms with van der Waals surface area (Å²) in [6.07, 6.45) is 21.5. The van der Waals surface area contributed by atoms with Crippen molar-refractivity contribution >= 4 is 22.1 Å². The molecule has 1 saturated heterocycles. The van der Waals surface area contributed by atoms with Crippen molar-refractivity contribution in [1.29, 1.82) is 0 Å². The van der Waals surface area contributed by atoms with Gasteiger partial charge in [0.15, 0.2) is 12.4 Å². The Balaban J connectivity index is 2.45. The van der Waals surface area contributed by atoms with Crippen molar-refractivity contribution in [2.45, 2.75) is 230 Å². The van der Waals surface area contributed by atoms with Crippen LogP contribution in [0.5, 0.6) is 0 Å². The Labute approximate surface area is 327 Å². The molecule has 0 aromatic carbocycles. The Hall–Kier alpha value is -1.35. The molecule has 0 aromatic rings. The summed E-state index contributed by atoms with van der Waals surface area (Å²) in [6, 6.07) is 0. The van der Waals surface area contributed by atoms with Gasteiger partial charge in [0, 0.05) is 12.8 Å². The molecular weight excluding hydrogens is 717 g/mol. The summed E-state index contributed by atoms with van der Waals surface area (Å²) in [7, 11) is -4.59. The van der Waals surface area contributed by atoms with Gasteiger partial charge in [-0.15, -0.1) is 0 Å². The minimum absolute atomic E-state index is 0.171. The molecule has 6 atom stereocenters. The van der Waals surface area contributed by atoms with E-state index in [9.17, 15) is 37.9 Å². The quantitative estimate of drug-likeness (QED) is 0.0272. The minimum Gasteiger partial charge on any atom is -0.462 e. The number of rotatable bonds is 36. The Morgan fingerprint density at radius 2 is 0.944 bits per heavy atom. The zero-order chi connectivity index (χ0) is 39.9. The maximum Gasteiger partial charge on any atom is 0.306 e. The molecule has 0 aliphatic carbocycles. The molecule has 0 radical (unpaired) electrons. The second-order valence-corrected chi connectivity index (χ2v) is 16.9. The van der Waals surface area contributed by atoms with Crippen molar-refractivity contribution in [2.75, 3.05) is 19.0 Å². The van der Waals surface area contributed by atoms with Crippen LogP contribution in [0.3, 0.4) is 0 Å². The highest BCUT2D eigenvalue weighted by Crippen LogP contribution is 2.24. The van der Waals surface area contributed by atoms with Crippen LogP contribution in [0.2, 0.25) is 0 Å². The summed E-state index contributed by atoms with van der Waals surface area (Å²) in [5.41, 5.74) is 0. The van der Waals surface area contributed by atoms with Crippen LogP contribution >= 0.6 is 0 Å². The van der Waals surface area contributed by atoms with Gasteiger partial charge in [-0.3, -0.25) is 14.1 Å². The van der Waals surface area contributed by atoms with Crippen molar-refractivity contribution in [3.05, 3.63) is 0 Å². The molecular formula is C41H78O12S. The standard InChI is InChI=1S/C41H78O12S/c1-3-5-7-9-11-13-15-16-17-18-20-21-23-25-27-29-36(42)50-31-34(52-37(43)30-28-26-24-22-19-14-12-10-8-6-4-2)32-51-41-40(46)39(45)38(44)35(53-41)33-54(47,48)49/h34-35,38-41,44-46H,3-33H2,1-2H3,(H,47,48,49). The minimum atomic E-state index is -4.59. The van der Waals surface area contributed by atoms with Crippen LogP contribution in [0.25, 0.3) is 0 Å². The Morgan fingerprint density at radius 3 is 1.35 bits per heavy atom. The molecule has 1 fully saturated rings. The summed E-state index contributed by atoms with van der Waals surface area (Å²) in [6.45, 7) is 3.75. The lowest BCUT2D eigenvalue weighted by Crippen LogP contribution is -2.60. The number of carbonyl (C=O) groups excluding carboxylic acids is 2. The van der Waals surface area contributed by atoms with Crippen LogP contribution in [0.1, 0.15) is 194 Å². The average Bonchev–Trinajstić information content (AvgIpc) is 3.13. The third-order valence-electron chi connectivity index (χ3n) is 10.2. The highest BCUT2D eigenvalue weighted by atomic mass is 32.2. The molecule has 0 aromatic heterocycles. The number of esters is 2. The molecule has 0 saturated carbocycles. The second kappa shape index (κ2) is 32.7. The van der Waals surface area contributed by atoms with Crippen molar-refractivity contribution in [3.63, 3.8) is 0 Å². The molecule has 12 nitrogen and oxygen atoms in total. The molecule has 320 valence electrons. The molecule has 4 N–H and O–H groups in total. The van der Waals surface area contributed by atoms with Crippen LogP contribution in [0, 0.1) is 0 Å². The normalized spacial score (nSPS) is 20.9. The summed E-state index contributed by atoms with van der Waals surface area (Å²) >= 11 is 0. The number of ether oxygens (including phenoxy) is 4. The van der Waals surface area contributed by atoms with Gasteiger partial charge in [-0.1, -0.05) is 168 Å². The first kappa shape index (κ1) is 50.7. The molecule has 6 unspecified atom stereocenters. The van der Waals surface area contributed by atoms with E-state index in [4.69, 9.17) is 18.9 Å². The molecule has 1 aliphatic heterocycles. The van der Waals surface area contributed by atoms with Crippen molar-refractivity contribution in [3.8, 4) is 0 Å². The van der Waals surface area contributed by atoms with Crippen LogP contribution in [-0.2, 0) is 38.7 Å². The van der Waals surface area contributed by atoms with Crippen LogP contribution in [0.4, 0.5) is 0 Å². The summed E-state index contributed by atoms with van der Waals surface area (Å²) in [5.74, 6) is -1.97. The number of unbranched alkanes of at least 4 members (excludes halogenated alkanes) is 24. The lowest BCUT2D eigenvalue weighted by molar-refractivity contribution is -0.297. The first-order valence-corrected chi connectivity index (χ1v) is 23.2. The lowest BCUT2D eigenvalue weighted by Gasteiger charge is -2.40. The van der Waals surface area contributed by atoms with Gasteiger partial charge in [0.2, 0.25) is 0 Å². The average molecular weight is 795 g/mol. The third kappa shape index (κ3) is 27.3. The van der Waals surface area contributed by atoms with E-state index in [0.29, 0.717) is 12.8 Å². The summed E-state index contributed by atoms with van der Waals surface area (Å²) in [4.78, 5) is 25.3. The second-order valence-electron chi connectivity index (χ2n) is 15.4. The maximum atomic E-state index is 12.7. The first-order valence-electron chi connectivity index (χ1n) is 21.6. The van der Waals surface area contributed by atoms with Gasteiger partial charge >= 0.3 is 11.9 Å². The van der Waals surface area contributed by atoms with Crippen molar-refractivity contribution < 1.29 is 56.8 Å². The topological polar surface area (TPSA) is 186 Å². The predicted octanol–water partition coefficient (Wildman–Crippen LogP) is 8.12. The SMILES string of the molecule is CCCCCCCCCCCCCCCCCC(=O)OCC(COC1OC(CS(=O)(=O)O)C(O)C(O)C1O)OC(=O)CCCCCCCCCCCCC. The number of carbonyl (C=O) groups is 2. The van der Waals surface area contributed by atoms with E-state index in [0.717, 1.165) is 38.5 Å². The summed E-state index contributed by atoms with van der Waals surface area (Å²) < 4.78 is 53.9. The molecule has 0 amide bonds. The van der Waals surface area contributed by atoms with E-state index in [1.807, 2.05) is 0 Å². The van der Waals surface area contributed by atoms with Crippen LogP contribution in [0.15, 0.2) is 0 Å². The largest absolute Gasteiger partial charge is 0.462 e. The van der Waals surface area contributed by atoms with Gasteiger partial charge in [0.05, 0.1) is 6.61 Å². The fraction of sp³-hybridized carbons (Fsp3) is 0.951. The number of hydrogen-bond donors (Lipinski definition) is 4. The zero-order valence-electron chi connectivity index (χ0n) is 33.8. The van der Waals surface area contributed by atoms with E-state index < -0.39 is 71.2 Å². The predicted molar refractivity (Wildman–Crippen MR) is 211 cm³/mol. The first-order chi connectivity index (χ1) is 26.0. The van der Waals surface area contributed by atoms with Gasteiger partial charge in [0.25, 0.3) is 10.1 Å². The Bertz CT molecular complexity index is 1030. The van der Waals surface area contributed by atoms with Gasteiger partial charge in [0.1, 0.15) is 36.8 Å². The monoisotopic (exact) mass is 795 g/mol. The van der Waals surface area contributed by atoms with Gasteiger partial charge in [-0.25, -0.2) is 0 Å². The fourth-order valence-electron chi connectivity index (χ4n) is 6.79. The molecule has 1 heterocycles. The summed E-state index contributed by atoms with van der Waals surface area (Å²) in [5, 5.41) is 30.8. The van der Waals surface area contributed by atoms with Gasteiger partial charge in [-0.2, -0.15) is 8.42 Å². The third-order valence-corrected chi connectivity index (χ3v) is 10.9. The fourth-order valence-corrected chi connectivity index (χ4v) is 7.49. The lowest BCUT2D eigenvalue weighted by atomic mass is 10.00. The van der Waals surface area contributed by atoms with E-state index in [2.05, 4.69) is 13.8 Å². The smallest absolute Gasteiger partial charge is 0.306 e. The Morgan fingerprint density at radius 1 is 0.556 bits per heavy atom. The molecule has 1 rings (SSSR count). The van der Waals surface area contributed by atoms with Crippen molar-refractivity contribution in [2.24, 2.45) is 0 Å². The maximum absolute atomic E-state index is 12.7. The van der Waals surface area contributed by atoms with E-state index in [-0.39, 0.29) is 19.4 Å². The van der Waals surface area contributed by atoms with E-state index >= 15 is 0 Å². The van der Waals surface area contributed by atoms with Crippen molar-refractivity contribution in [1.82, 2.24) is 0 Å². The van der Waals surface area contributed by atoms with Crippen LogP contribution < -0.4 is 0 Å². The highest BCUT2D eigenvalue weighted by molar-refractivity contribution is 7.85. The molecule has 54 heavy (non-hydrogen) atoms. The van der Waals surface area contributed by atoms with Crippen LogP contribution in [-0.4, -0.2) is 96.0 Å².